The van der Waals surface area contributed by atoms with Gasteiger partial charge in [0.05, 0.1) is 16.8 Å². The zero-order chi connectivity index (χ0) is 10.9. The van der Waals surface area contributed by atoms with E-state index in [2.05, 4.69) is 10.2 Å². The van der Waals surface area contributed by atoms with Crippen LogP contribution < -0.4 is 0 Å². The monoisotopic (exact) mass is 260 g/mol. The lowest BCUT2D eigenvalue weighted by Gasteiger charge is -2.02. The Bertz CT molecular complexity index is 552. The van der Waals surface area contributed by atoms with Crippen LogP contribution in [-0.4, -0.2) is 13.0 Å². The second-order valence-electron chi connectivity index (χ2n) is 3.09. The summed E-state index contributed by atoms with van der Waals surface area (Å²) in [7, 11) is -4.18. The van der Waals surface area contributed by atoms with Gasteiger partial charge in [0.15, 0.2) is 0 Å². The molecule has 1 aromatic rings. The average Bonchev–Trinajstić information content (AvgIpc) is 2.38. The molecule has 1 heterocycles. The molecule has 0 atom stereocenters. The topological polar surface area (TPSA) is 79.1 Å². The summed E-state index contributed by atoms with van der Waals surface area (Å²) in [4.78, 5) is -0.142. The van der Waals surface area contributed by atoms with E-state index in [1.54, 1.807) is 24.3 Å². The molecule has 0 aromatic heterocycles. The highest BCUT2D eigenvalue weighted by Crippen LogP contribution is 2.26. The number of azo groups is 1. The zero-order valence-corrected chi connectivity index (χ0v) is 9.70. The molecule has 0 saturated carbocycles. The highest BCUT2D eigenvalue weighted by molar-refractivity contribution is 7.89. The van der Waals surface area contributed by atoms with Gasteiger partial charge in [-0.3, -0.25) is 4.55 Å². The van der Waals surface area contributed by atoms with E-state index in [0.29, 0.717) is 5.69 Å². The van der Waals surface area contributed by atoms with E-state index >= 15 is 0 Å². The Morgan fingerprint density at radius 1 is 1.25 bits per heavy atom. The van der Waals surface area contributed by atoms with Crippen molar-refractivity contribution in [2.45, 2.75) is 6.42 Å². The summed E-state index contributed by atoms with van der Waals surface area (Å²) in [6.07, 6.45) is 1.18. The first-order chi connectivity index (χ1) is 7.07. The zero-order valence-electron chi connectivity index (χ0n) is 8.07. The molecule has 0 saturated heterocycles. The second-order valence-corrected chi connectivity index (χ2v) is 4.57. The van der Waals surface area contributed by atoms with Gasteiger partial charge in [-0.15, -0.1) is 12.4 Å². The van der Waals surface area contributed by atoms with E-state index in [4.69, 9.17) is 4.55 Å². The molecule has 0 radical (unpaired) electrons. The van der Waals surface area contributed by atoms with Crippen molar-refractivity contribution in [1.82, 2.24) is 0 Å². The average molecular weight is 261 g/mol. The van der Waals surface area contributed by atoms with Crippen LogP contribution >= 0.6 is 12.4 Å². The van der Waals surface area contributed by atoms with Crippen molar-refractivity contribution in [1.29, 1.82) is 0 Å². The molecule has 0 spiro atoms. The molecule has 1 aromatic carbocycles. The smallest absolute Gasteiger partial charge is 0.282 e. The molecule has 16 heavy (non-hydrogen) atoms. The van der Waals surface area contributed by atoms with E-state index in [1.165, 1.54) is 0 Å². The molecule has 0 bridgehead atoms. The second kappa shape index (κ2) is 4.73. The summed E-state index contributed by atoms with van der Waals surface area (Å²) >= 11 is 0. The van der Waals surface area contributed by atoms with E-state index in [1.807, 2.05) is 0 Å². The highest BCUT2D eigenvalue weighted by atomic mass is 35.5. The number of rotatable bonds is 1. The summed E-state index contributed by atoms with van der Waals surface area (Å²) in [5.74, 6) is 0. The lowest BCUT2D eigenvalue weighted by Crippen LogP contribution is -2.04. The molecule has 2 rings (SSSR count). The number of hydrogen-bond donors (Lipinski definition) is 1. The Labute approximate surface area is 99.1 Å². The fraction of sp³-hybridized carbons (Fsp3) is 0.111. The molecule has 1 aliphatic heterocycles. The third kappa shape index (κ3) is 2.66. The fourth-order valence-corrected chi connectivity index (χ4v) is 1.82. The first kappa shape index (κ1) is 12.8. The van der Waals surface area contributed by atoms with Crippen LogP contribution in [0, 0.1) is 0 Å². The third-order valence-electron chi connectivity index (χ3n) is 2.05. The van der Waals surface area contributed by atoms with Gasteiger partial charge in [-0.05, 0) is 11.6 Å². The van der Waals surface area contributed by atoms with Crippen LogP contribution in [0.4, 0.5) is 5.69 Å². The van der Waals surface area contributed by atoms with Gasteiger partial charge >= 0.3 is 0 Å². The van der Waals surface area contributed by atoms with Crippen LogP contribution in [0.5, 0.6) is 0 Å². The van der Waals surface area contributed by atoms with Crippen molar-refractivity contribution >= 4 is 28.2 Å². The standard InChI is InChI=1S/C9H8N2O3S.ClH/c12-15(13,14)8-5-7-3-1-2-4-9(7)11-10-6-8;/h1-4,6H,5H2,(H,12,13,14);1H. The Morgan fingerprint density at radius 2 is 1.94 bits per heavy atom. The molecule has 5 nitrogen and oxygen atoms in total. The number of benzene rings is 1. The van der Waals surface area contributed by atoms with Crippen LogP contribution in [0.3, 0.4) is 0 Å². The lowest BCUT2D eigenvalue weighted by atomic mass is 10.1. The molecule has 0 aliphatic carbocycles. The number of halogens is 1. The maximum Gasteiger partial charge on any atom is 0.292 e. The molecular weight excluding hydrogens is 252 g/mol. The number of hydrogen-bond acceptors (Lipinski definition) is 4. The summed E-state index contributed by atoms with van der Waals surface area (Å²) < 4.78 is 30.8. The predicted octanol–water partition coefficient (Wildman–Crippen LogP) is 2.48. The largest absolute Gasteiger partial charge is 0.292 e. The van der Waals surface area contributed by atoms with Gasteiger partial charge in [0.1, 0.15) is 0 Å². The first-order valence-corrected chi connectivity index (χ1v) is 5.67. The number of allylic oxidation sites excluding steroid dienone is 1. The van der Waals surface area contributed by atoms with E-state index in [-0.39, 0.29) is 23.7 Å². The maximum atomic E-state index is 10.9. The van der Waals surface area contributed by atoms with Gasteiger partial charge in [0.25, 0.3) is 10.1 Å². The van der Waals surface area contributed by atoms with E-state index in [9.17, 15) is 8.42 Å². The van der Waals surface area contributed by atoms with E-state index in [0.717, 1.165) is 11.8 Å². The minimum absolute atomic E-state index is 0. The Kier molecular flexibility index (Phi) is 3.79. The highest BCUT2D eigenvalue weighted by Gasteiger charge is 2.17. The van der Waals surface area contributed by atoms with Gasteiger partial charge in [0, 0.05) is 6.42 Å². The number of fused-ring (bicyclic) bond motifs is 1. The summed E-state index contributed by atoms with van der Waals surface area (Å²) in [6.45, 7) is 0. The lowest BCUT2D eigenvalue weighted by molar-refractivity contribution is 0.490. The molecule has 0 fully saturated rings. The van der Waals surface area contributed by atoms with Crippen molar-refractivity contribution in [3.8, 4) is 0 Å². The van der Waals surface area contributed by atoms with Crippen LogP contribution in [0.2, 0.25) is 0 Å². The van der Waals surface area contributed by atoms with Crippen LogP contribution in [0.25, 0.3) is 0 Å². The normalized spacial score (nSPS) is 14.4. The first-order valence-electron chi connectivity index (χ1n) is 4.22. The molecule has 86 valence electrons. The Hall–Kier alpha value is -1.24. The summed E-state index contributed by atoms with van der Waals surface area (Å²) in [5.41, 5.74) is 1.34. The van der Waals surface area contributed by atoms with E-state index < -0.39 is 10.1 Å². The van der Waals surface area contributed by atoms with Crippen molar-refractivity contribution in [2.24, 2.45) is 10.2 Å². The predicted molar refractivity (Wildman–Crippen MR) is 61.5 cm³/mol. The fourth-order valence-electron chi connectivity index (χ4n) is 1.30. The van der Waals surface area contributed by atoms with Crippen LogP contribution in [0.1, 0.15) is 5.56 Å². The van der Waals surface area contributed by atoms with Crippen LogP contribution in [0.15, 0.2) is 45.6 Å². The molecule has 1 N–H and O–H groups in total. The minimum Gasteiger partial charge on any atom is -0.282 e. The van der Waals surface area contributed by atoms with Gasteiger partial charge in [0.2, 0.25) is 0 Å². The molecular formula is C9H9ClN2O3S. The summed E-state index contributed by atoms with van der Waals surface area (Å²) in [6, 6.07) is 7.05. The van der Waals surface area contributed by atoms with Gasteiger partial charge in [-0.2, -0.15) is 18.6 Å². The van der Waals surface area contributed by atoms with Crippen LogP contribution in [-0.2, 0) is 16.5 Å². The van der Waals surface area contributed by atoms with Gasteiger partial charge in [-0.25, -0.2) is 0 Å². The summed E-state index contributed by atoms with van der Waals surface area (Å²) in [5, 5.41) is 7.41. The maximum absolute atomic E-state index is 10.9. The minimum atomic E-state index is -4.18. The van der Waals surface area contributed by atoms with Gasteiger partial charge in [-0.1, -0.05) is 18.2 Å². The van der Waals surface area contributed by atoms with Crippen molar-refractivity contribution in [3.63, 3.8) is 0 Å². The third-order valence-corrected chi connectivity index (χ3v) is 2.97. The van der Waals surface area contributed by atoms with Crippen molar-refractivity contribution in [2.75, 3.05) is 0 Å². The molecule has 1 aliphatic rings. The van der Waals surface area contributed by atoms with Crippen molar-refractivity contribution in [3.05, 3.63) is 40.9 Å². The quantitative estimate of drug-likeness (QED) is 0.788. The Balaban J connectivity index is 0.00000128. The molecule has 7 heteroatoms. The van der Waals surface area contributed by atoms with Crippen molar-refractivity contribution < 1.29 is 13.0 Å². The van der Waals surface area contributed by atoms with Gasteiger partial charge < -0.3 is 0 Å². The SMILES string of the molecule is Cl.O=S(=O)(O)C1=CN=Nc2ccccc2C1. The Morgan fingerprint density at radius 3 is 2.62 bits per heavy atom. The molecule has 0 amide bonds. The number of nitrogens with zero attached hydrogens (tertiary/aromatic N) is 2. The molecule has 0 unspecified atom stereocenters.